The summed E-state index contributed by atoms with van der Waals surface area (Å²) in [5.41, 5.74) is 6.25. The van der Waals surface area contributed by atoms with Crippen molar-refractivity contribution in [3.8, 4) is 0 Å². The molecule has 2 heterocycles. The number of para-hydroxylation sites is 2. The van der Waals surface area contributed by atoms with Crippen LogP contribution in [0.25, 0.3) is 10.9 Å². The Labute approximate surface area is 164 Å². The summed E-state index contributed by atoms with van der Waals surface area (Å²) in [5.74, 6) is 1.32. The van der Waals surface area contributed by atoms with Crippen molar-refractivity contribution in [2.24, 2.45) is 0 Å². The lowest BCUT2D eigenvalue weighted by Crippen LogP contribution is -2.05. The molecule has 140 valence electrons. The average molecular weight is 369 g/mol. The lowest BCUT2D eigenvalue weighted by molar-refractivity contribution is 1.09. The van der Waals surface area contributed by atoms with E-state index in [9.17, 15) is 0 Å². The van der Waals surface area contributed by atoms with Crippen LogP contribution in [-0.2, 0) is 6.42 Å². The fourth-order valence-corrected chi connectivity index (χ4v) is 3.34. The monoisotopic (exact) mass is 369 g/mol. The number of pyridine rings is 1. The zero-order valence-corrected chi connectivity index (χ0v) is 16.3. The summed E-state index contributed by atoms with van der Waals surface area (Å²) in [5, 5.41) is 7.90. The number of hydrogen-bond acceptors (Lipinski definition) is 5. The van der Waals surface area contributed by atoms with Gasteiger partial charge in [-0.2, -0.15) is 4.98 Å². The third-order valence-corrected chi connectivity index (χ3v) is 4.73. The van der Waals surface area contributed by atoms with Crippen molar-refractivity contribution >= 4 is 34.0 Å². The van der Waals surface area contributed by atoms with Crippen LogP contribution in [0.5, 0.6) is 0 Å². The predicted molar refractivity (Wildman–Crippen MR) is 116 cm³/mol. The smallest absolute Gasteiger partial charge is 0.229 e. The Hall–Kier alpha value is -3.47. The Morgan fingerprint density at radius 2 is 1.71 bits per heavy atom. The predicted octanol–water partition coefficient (Wildman–Crippen LogP) is 5.69. The molecule has 0 unspecified atom stereocenters. The van der Waals surface area contributed by atoms with E-state index in [4.69, 9.17) is 0 Å². The van der Waals surface area contributed by atoms with E-state index in [-0.39, 0.29) is 0 Å². The van der Waals surface area contributed by atoms with Crippen molar-refractivity contribution in [3.63, 3.8) is 0 Å². The maximum atomic E-state index is 4.69. The van der Waals surface area contributed by atoms with Gasteiger partial charge in [0.05, 0.1) is 11.2 Å². The van der Waals surface area contributed by atoms with Gasteiger partial charge < -0.3 is 10.6 Å². The Balaban J connectivity index is 1.68. The number of nitrogens with one attached hydrogen (secondary N) is 2. The highest BCUT2D eigenvalue weighted by molar-refractivity contribution is 5.91. The molecule has 4 aromatic rings. The Bertz CT molecular complexity index is 1130. The van der Waals surface area contributed by atoms with E-state index in [2.05, 4.69) is 57.6 Å². The van der Waals surface area contributed by atoms with Gasteiger partial charge in [-0.05, 0) is 43.5 Å². The topological polar surface area (TPSA) is 62.7 Å². The molecule has 0 radical (unpaired) electrons. The summed E-state index contributed by atoms with van der Waals surface area (Å²) in [7, 11) is 0. The molecule has 0 aliphatic rings. The number of benzene rings is 2. The molecule has 0 bridgehead atoms. The molecule has 0 saturated heterocycles. The summed E-state index contributed by atoms with van der Waals surface area (Å²) < 4.78 is 0. The molecule has 2 aromatic carbocycles. The van der Waals surface area contributed by atoms with Crippen molar-refractivity contribution in [2.75, 3.05) is 10.6 Å². The standard InChI is InChI=1S/C23H23N5/c1-4-17-9-5-8-15(2)21(17)27-20-14-16(3)25-23(28-20)26-19-12-6-10-18-11-7-13-24-22(18)19/h5-14H,4H2,1-3H3,(H2,25,26,27,28). The number of rotatable bonds is 5. The lowest BCUT2D eigenvalue weighted by Gasteiger charge is -2.15. The van der Waals surface area contributed by atoms with Gasteiger partial charge in [-0.25, -0.2) is 4.98 Å². The summed E-state index contributed by atoms with van der Waals surface area (Å²) in [4.78, 5) is 13.7. The third-order valence-electron chi connectivity index (χ3n) is 4.73. The summed E-state index contributed by atoms with van der Waals surface area (Å²) in [6.07, 6.45) is 2.75. The third kappa shape index (κ3) is 3.64. The average Bonchev–Trinajstić information content (AvgIpc) is 2.69. The van der Waals surface area contributed by atoms with Gasteiger partial charge in [-0.15, -0.1) is 0 Å². The molecule has 0 amide bonds. The van der Waals surface area contributed by atoms with Crippen molar-refractivity contribution in [2.45, 2.75) is 27.2 Å². The van der Waals surface area contributed by atoms with Gasteiger partial charge in [-0.1, -0.05) is 43.3 Å². The van der Waals surface area contributed by atoms with Crippen LogP contribution in [0, 0.1) is 13.8 Å². The van der Waals surface area contributed by atoms with Gasteiger partial charge in [-0.3, -0.25) is 4.98 Å². The minimum atomic E-state index is 0.548. The normalized spacial score (nSPS) is 10.8. The van der Waals surface area contributed by atoms with Crippen LogP contribution >= 0.6 is 0 Å². The van der Waals surface area contributed by atoms with E-state index in [1.54, 1.807) is 6.20 Å². The number of anilines is 4. The van der Waals surface area contributed by atoms with E-state index in [0.29, 0.717) is 5.95 Å². The minimum absolute atomic E-state index is 0.548. The van der Waals surface area contributed by atoms with Gasteiger partial charge in [0.1, 0.15) is 5.82 Å². The highest BCUT2D eigenvalue weighted by Gasteiger charge is 2.09. The Kier molecular flexibility index (Phi) is 4.89. The molecule has 0 aliphatic carbocycles. The molecule has 5 heteroatoms. The molecule has 28 heavy (non-hydrogen) atoms. The van der Waals surface area contributed by atoms with Crippen molar-refractivity contribution in [3.05, 3.63) is 77.6 Å². The molecule has 4 rings (SSSR count). The minimum Gasteiger partial charge on any atom is -0.340 e. The van der Waals surface area contributed by atoms with Crippen molar-refractivity contribution in [1.82, 2.24) is 15.0 Å². The number of fused-ring (bicyclic) bond motifs is 1. The number of aryl methyl sites for hydroxylation is 3. The number of aromatic nitrogens is 3. The maximum absolute atomic E-state index is 4.69. The van der Waals surface area contributed by atoms with Crippen molar-refractivity contribution < 1.29 is 0 Å². The van der Waals surface area contributed by atoms with E-state index in [1.807, 2.05) is 43.3 Å². The van der Waals surface area contributed by atoms with Gasteiger partial charge >= 0.3 is 0 Å². The first-order chi connectivity index (χ1) is 13.6. The SMILES string of the molecule is CCc1cccc(C)c1Nc1cc(C)nc(Nc2cccc3cccnc23)n1. The molecule has 0 fully saturated rings. The van der Waals surface area contributed by atoms with Crippen LogP contribution < -0.4 is 10.6 Å². The molecular weight excluding hydrogens is 346 g/mol. The van der Waals surface area contributed by atoms with Crippen LogP contribution in [0.2, 0.25) is 0 Å². The number of hydrogen-bond donors (Lipinski definition) is 2. The van der Waals surface area contributed by atoms with Gasteiger partial charge in [0, 0.05) is 29.0 Å². The fraction of sp³-hybridized carbons (Fsp3) is 0.174. The maximum Gasteiger partial charge on any atom is 0.229 e. The summed E-state index contributed by atoms with van der Waals surface area (Å²) in [6, 6.07) is 18.3. The van der Waals surface area contributed by atoms with Crippen LogP contribution in [-0.4, -0.2) is 15.0 Å². The Morgan fingerprint density at radius 3 is 2.57 bits per heavy atom. The molecule has 2 N–H and O–H groups in total. The van der Waals surface area contributed by atoms with Crippen LogP contribution in [0.3, 0.4) is 0 Å². The van der Waals surface area contributed by atoms with Gasteiger partial charge in [0.15, 0.2) is 0 Å². The van der Waals surface area contributed by atoms with Crippen LogP contribution in [0.4, 0.5) is 23.1 Å². The lowest BCUT2D eigenvalue weighted by atomic mass is 10.1. The van der Waals surface area contributed by atoms with E-state index < -0.39 is 0 Å². The van der Waals surface area contributed by atoms with E-state index in [0.717, 1.165) is 40.2 Å². The number of nitrogens with zero attached hydrogens (tertiary/aromatic N) is 3. The molecule has 5 nitrogen and oxygen atoms in total. The first-order valence-corrected chi connectivity index (χ1v) is 9.46. The van der Waals surface area contributed by atoms with Crippen LogP contribution in [0.1, 0.15) is 23.7 Å². The highest BCUT2D eigenvalue weighted by atomic mass is 15.1. The zero-order chi connectivity index (χ0) is 19.5. The molecule has 0 aliphatic heterocycles. The molecule has 0 spiro atoms. The summed E-state index contributed by atoms with van der Waals surface area (Å²) in [6.45, 7) is 6.24. The second-order valence-electron chi connectivity index (χ2n) is 6.81. The first kappa shape index (κ1) is 17.9. The van der Waals surface area contributed by atoms with Crippen molar-refractivity contribution in [1.29, 1.82) is 0 Å². The van der Waals surface area contributed by atoms with E-state index in [1.165, 1.54) is 11.1 Å². The molecular formula is C23H23N5. The second-order valence-corrected chi connectivity index (χ2v) is 6.81. The van der Waals surface area contributed by atoms with Gasteiger partial charge in [0.2, 0.25) is 5.95 Å². The van der Waals surface area contributed by atoms with Gasteiger partial charge in [0.25, 0.3) is 0 Å². The quantitative estimate of drug-likeness (QED) is 0.473. The first-order valence-electron chi connectivity index (χ1n) is 9.46. The zero-order valence-electron chi connectivity index (χ0n) is 16.3. The Morgan fingerprint density at radius 1 is 0.893 bits per heavy atom. The molecule has 2 aromatic heterocycles. The summed E-state index contributed by atoms with van der Waals surface area (Å²) >= 11 is 0. The largest absolute Gasteiger partial charge is 0.340 e. The van der Waals surface area contributed by atoms with Crippen LogP contribution in [0.15, 0.2) is 60.8 Å². The fourth-order valence-electron chi connectivity index (χ4n) is 3.34. The molecule has 0 saturated carbocycles. The van der Waals surface area contributed by atoms with E-state index >= 15 is 0 Å². The second kappa shape index (κ2) is 7.64. The molecule has 0 atom stereocenters. The highest BCUT2D eigenvalue weighted by Crippen LogP contribution is 2.27.